The molecule has 0 aliphatic rings. The highest BCUT2D eigenvalue weighted by Crippen LogP contribution is 2.26. The van der Waals surface area contributed by atoms with E-state index in [1.807, 2.05) is 18.7 Å². The summed E-state index contributed by atoms with van der Waals surface area (Å²) in [5, 5.41) is 9.04. The van der Waals surface area contributed by atoms with Crippen molar-refractivity contribution in [2.45, 2.75) is 72.3 Å². The van der Waals surface area contributed by atoms with Gasteiger partial charge >= 0.3 is 0 Å². The third kappa shape index (κ3) is 5.30. The maximum Gasteiger partial charge on any atom is 0.0847 e. The minimum atomic E-state index is 0.497. The Bertz CT molecular complexity index is 408. The molecule has 1 atom stereocenters. The van der Waals surface area contributed by atoms with Gasteiger partial charge in [-0.1, -0.05) is 45.2 Å². The summed E-state index contributed by atoms with van der Waals surface area (Å²) in [6.07, 6.45) is 7.19. The lowest BCUT2D eigenvalue weighted by Crippen LogP contribution is -2.39. The Hall–Kier alpha value is -0.540. The topological polar surface area (TPSA) is 29.9 Å². The third-order valence-corrected chi connectivity index (χ3v) is 4.71. The van der Waals surface area contributed by atoms with Gasteiger partial charge in [0, 0.05) is 19.5 Å². The SMILES string of the molecule is CCCNC(Cc1c(Cl)c(C)nn1C)C(CCC)CCC. The molecule has 0 amide bonds. The van der Waals surface area contributed by atoms with Crippen LogP contribution in [-0.4, -0.2) is 22.4 Å². The van der Waals surface area contributed by atoms with Gasteiger partial charge in [-0.15, -0.1) is 0 Å². The van der Waals surface area contributed by atoms with Crippen molar-refractivity contribution < 1.29 is 0 Å². The summed E-state index contributed by atoms with van der Waals surface area (Å²) in [5.74, 6) is 0.720. The van der Waals surface area contributed by atoms with Crippen molar-refractivity contribution in [1.82, 2.24) is 15.1 Å². The number of aryl methyl sites for hydroxylation is 2. The molecule has 1 N–H and O–H groups in total. The van der Waals surface area contributed by atoms with Crippen LogP contribution in [0, 0.1) is 12.8 Å². The minimum Gasteiger partial charge on any atom is -0.313 e. The van der Waals surface area contributed by atoms with Gasteiger partial charge in [0.1, 0.15) is 0 Å². The first-order valence-electron chi connectivity index (χ1n) is 8.46. The molecule has 0 radical (unpaired) electrons. The fourth-order valence-electron chi connectivity index (χ4n) is 3.13. The molecule has 0 fully saturated rings. The monoisotopic (exact) mass is 313 g/mol. The van der Waals surface area contributed by atoms with Crippen molar-refractivity contribution in [1.29, 1.82) is 0 Å². The molecule has 0 spiro atoms. The second-order valence-electron chi connectivity index (χ2n) is 6.07. The predicted octanol–water partition coefficient (Wildman–Crippen LogP) is 4.51. The van der Waals surface area contributed by atoms with Crippen molar-refractivity contribution in [2.75, 3.05) is 6.54 Å². The molecule has 0 aliphatic heterocycles. The van der Waals surface area contributed by atoms with Crippen molar-refractivity contribution in [3.8, 4) is 0 Å². The summed E-state index contributed by atoms with van der Waals surface area (Å²) in [7, 11) is 2.00. The van der Waals surface area contributed by atoms with E-state index >= 15 is 0 Å². The van der Waals surface area contributed by atoms with E-state index in [2.05, 4.69) is 31.2 Å². The summed E-state index contributed by atoms with van der Waals surface area (Å²) in [6, 6.07) is 0.497. The van der Waals surface area contributed by atoms with Gasteiger partial charge in [0.05, 0.1) is 16.4 Å². The predicted molar refractivity (Wildman–Crippen MR) is 92.0 cm³/mol. The van der Waals surface area contributed by atoms with E-state index in [4.69, 9.17) is 11.6 Å². The number of rotatable bonds is 10. The minimum absolute atomic E-state index is 0.497. The summed E-state index contributed by atoms with van der Waals surface area (Å²) in [5.41, 5.74) is 2.10. The fraction of sp³-hybridized carbons (Fsp3) is 0.824. The zero-order chi connectivity index (χ0) is 15.8. The Kier molecular flexibility index (Phi) is 8.35. The maximum atomic E-state index is 6.44. The van der Waals surface area contributed by atoms with Crippen LogP contribution in [0.3, 0.4) is 0 Å². The van der Waals surface area contributed by atoms with Crippen molar-refractivity contribution in [2.24, 2.45) is 13.0 Å². The molecule has 1 heterocycles. The molecule has 0 bridgehead atoms. The van der Waals surface area contributed by atoms with E-state index in [1.54, 1.807) is 0 Å². The molecule has 1 unspecified atom stereocenters. The van der Waals surface area contributed by atoms with Gasteiger partial charge in [-0.2, -0.15) is 5.10 Å². The molecule has 1 aromatic rings. The van der Waals surface area contributed by atoms with E-state index in [0.717, 1.165) is 29.6 Å². The molecule has 0 aromatic carbocycles. The summed E-state index contributed by atoms with van der Waals surface area (Å²) >= 11 is 6.44. The average Bonchev–Trinajstić information content (AvgIpc) is 2.69. The van der Waals surface area contributed by atoms with Crippen molar-refractivity contribution >= 4 is 11.6 Å². The van der Waals surface area contributed by atoms with Crippen LogP contribution < -0.4 is 5.32 Å². The summed E-state index contributed by atoms with van der Waals surface area (Å²) < 4.78 is 1.95. The van der Waals surface area contributed by atoms with Gasteiger partial charge in [0.2, 0.25) is 0 Å². The molecule has 0 aliphatic carbocycles. The standard InChI is InChI=1S/C17H32ClN3/c1-6-9-14(10-7-2)15(19-11-8-3)12-16-17(18)13(4)20-21(16)5/h14-15,19H,6-12H2,1-5H3. The Balaban J connectivity index is 2.89. The van der Waals surface area contributed by atoms with E-state index < -0.39 is 0 Å². The zero-order valence-corrected chi connectivity index (χ0v) is 15.1. The first-order chi connectivity index (χ1) is 10.0. The fourth-order valence-corrected chi connectivity index (χ4v) is 3.37. The van der Waals surface area contributed by atoms with Crippen LogP contribution in [0.1, 0.15) is 64.3 Å². The number of hydrogen-bond donors (Lipinski definition) is 1. The molecule has 0 saturated heterocycles. The van der Waals surface area contributed by atoms with E-state index in [9.17, 15) is 0 Å². The maximum absolute atomic E-state index is 6.44. The first kappa shape index (κ1) is 18.5. The number of hydrogen-bond acceptors (Lipinski definition) is 2. The van der Waals surface area contributed by atoms with E-state index in [1.165, 1.54) is 37.8 Å². The summed E-state index contributed by atoms with van der Waals surface area (Å²) in [4.78, 5) is 0. The van der Waals surface area contributed by atoms with Gasteiger partial charge < -0.3 is 5.32 Å². The van der Waals surface area contributed by atoms with Crippen LogP contribution in [-0.2, 0) is 13.5 Å². The Morgan fingerprint density at radius 1 is 1.14 bits per heavy atom. The smallest absolute Gasteiger partial charge is 0.0847 e. The van der Waals surface area contributed by atoms with Gasteiger partial charge in [0.25, 0.3) is 0 Å². The van der Waals surface area contributed by atoms with Crippen LogP contribution in [0.5, 0.6) is 0 Å². The van der Waals surface area contributed by atoms with Crippen molar-refractivity contribution in [3.63, 3.8) is 0 Å². The van der Waals surface area contributed by atoms with E-state index in [0.29, 0.717) is 6.04 Å². The molecule has 122 valence electrons. The molecule has 4 heteroatoms. The van der Waals surface area contributed by atoms with Crippen LogP contribution in [0.15, 0.2) is 0 Å². The summed E-state index contributed by atoms with van der Waals surface area (Å²) in [6.45, 7) is 9.83. The lowest BCUT2D eigenvalue weighted by atomic mass is 9.87. The number of nitrogens with one attached hydrogen (secondary N) is 1. The molecule has 1 aromatic heterocycles. The number of halogens is 1. The molecule has 21 heavy (non-hydrogen) atoms. The largest absolute Gasteiger partial charge is 0.313 e. The quantitative estimate of drug-likeness (QED) is 0.689. The number of aromatic nitrogens is 2. The van der Waals surface area contributed by atoms with E-state index in [-0.39, 0.29) is 0 Å². The molecular weight excluding hydrogens is 282 g/mol. The van der Waals surface area contributed by atoms with Gasteiger partial charge in [0.15, 0.2) is 0 Å². The highest BCUT2D eigenvalue weighted by molar-refractivity contribution is 6.31. The van der Waals surface area contributed by atoms with Gasteiger partial charge in [-0.05, 0) is 38.6 Å². The van der Waals surface area contributed by atoms with Crippen LogP contribution in [0.4, 0.5) is 0 Å². The Morgan fingerprint density at radius 3 is 2.19 bits per heavy atom. The van der Waals surface area contributed by atoms with Gasteiger partial charge in [-0.25, -0.2) is 0 Å². The van der Waals surface area contributed by atoms with Crippen LogP contribution in [0.25, 0.3) is 0 Å². The highest BCUT2D eigenvalue weighted by atomic mass is 35.5. The van der Waals surface area contributed by atoms with Crippen molar-refractivity contribution in [3.05, 3.63) is 16.4 Å². The molecular formula is C17H32ClN3. The highest BCUT2D eigenvalue weighted by Gasteiger charge is 2.23. The second-order valence-corrected chi connectivity index (χ2v) is 6.45. The van der Waals surface area contributed by atoms with Crippen LogP contribution in [0.2, 0.25) is 5.02 Å². The lowest BCUT2D eigenvalue weighted by Gasteiger charge is -2.28. The second kappa shape index (κ2) is 9.47. The lowest BCUT2D eigenvalue weighted by molar-refractivity contribution is 0.305. The molecule has 1 rings (SSSR count). The Morgan fingerprint density at radius 2 is 1.76 bits per heavy atom. The van der Waals surface area contributed by atoms with Crippen LogP contribution >= 0.6 is 11.6 Å². The normalized spacial score (nSPS) is 13.1. The van der Waals surface area contributed by atoms with Gasteiger partial charge in [-0.3, -0.25) is 4.68 Å². The molecule has 3 nitrogen and oxygen atoms in total. The Labute approximate surface area is 135 Å². The molecule has 0 saturated carbocycles. The number of nitrogens with zero attached hydrogens (tertiary/aromatic N) is 2. The first-order valence-corrected chi connectivity index (χ1v) is 8.84. The average molecular weight is 314 g/mol. The zero-order valence-electron chi connectivity index (χ0n) is 14.4. The third-order valence-electron chi connectivity index (χ3n) is 4.22.